The Balaban J connectivity index is 1.42. The van der Waals surface area contributed by atoms with E-state index < -0.39 is 0 Å². The molecule has 2 aliphatic heterocycles. The summed E-state index contributed by atoms with van der Waals surface area (Å²) in [5.74, 6) is 1.71. The summed E-state index contributed by atoms with van der Waals surface area (Å²) < 4.78 is 0. The van der Waals surface area contributed by atoms with Crippen LogP contribution in [0.3, 0.4) is 0 Å². The van der Waals surface area contributed by atoms with Crippen LogP contribution in [0.4, 0.5) is 5.82 Å². The third kappa shape index (κ3) is 4.39. The number of hydrogen-bond acceptors (Lipinski definition) is 6. The smallest absolute Gasteiger partial charge is 0.151 e. The lowest BCUT2D eigenvalue weighted by molar-refractivity contribution is -0.109. The summed E-state index contributed by atoms with van der Waals surface area (Å²) >= 11 is 0. The number of carbonyl (C=O) groups is 2. The molecule has 0 atom stereocenters. The van der Waals surface area contributed by atoms with Gasteiger partial charge in [-0.25, -0.2) is 4.98 Å². The van der Waals surface area contributed by atoms with Gasteiger partial charge in [0, 0.05) is 44.5 Å². The van der Waals surface area contributed by atoms with Gasteiger partial charge in [-0.1, -0.05) is 0 Å². The van der Waals surface area contributed by atoms with E-state index in [4.69, 9.17) is 0 Å². The maximum atomic E-state index is 10.7. The molecule has 1 aromatic heterocycles. The van der Waals surface area contributed by atoms with Gasteiger partial charge in [-0.3, -0.25) is 14.6 Å². The fraction of sp³-hybridized carbons (Fsp3) is 0.611. The molecule has 2 saturated heterocycles. The summed E-state index contributed by atoms with van der Waals surface area (Å²) in [6.07, 6.45) is 5.87. The van der Waals surface area contributed by atoms with Crippen LogP contribution in [-0.4, -0.2) is 79.7 Å². The number of aromatic nitrogens is 1. The third-order valence-corrected chi connectivity index (χ3v) is 5.16. The summed E-state index contributed by atoms with van der Waals surface area (Å²) in [5, 5.41) is 0. The van der Waals surface area contributed by atoms with Gasteiger partial charge in [0.2, 0.25) is 0 Å². The van der Waals surface area contributed by atoms with E-state index in [0.29, 0.717) is 12.1 Å². The number of rotatable bonds is 6. The van der Waals surface area contributed by atoms with Crippen molar-refractivity contribution in [1.29, 1.82) is 0 Å². The Morgan fingerprint density at radius 3 is 2.33 bits per heavy atom. The van der Waals surface area contributed by atoms with E-state index in [1.54, 1.807) is 6.20 Å². The highest BCUT2D eigenvalue weighted by Crippen LogP contribution is 2.20. The quantitative estimate of drug-likeness (QED) is 0.723. The Bertz CT molecular complexity index is 532. The van der Waals surface area contributed by atoms with Crippen molar-refractivity contribution in [3.05, 3.63) is 23.9 Å². The molecule has 6 heteroatoms. The molecule has 24 heavy (non-hydrogen) atoms. The highest BCUT2D eigenvalue weighted by Gasteiger charge is 2.24. The van der Waals surface area contributed by atoms with Crippen molar-refractivity contribution in [2.45, 2.75) is 12.8 Å². The van der Waals surface area contributed by atoms with Gasteiger partial charge in [0.15, 0.2) is 6.29 Å². The number of hydrogen-bond donors (Lipinski definition) is 0. The maximum Gasteiger partial charge on any atom is 0.151 e. The Labute approximate surface area is 143 Å². The number of aldehydes is 2. The van der Waals surface area contributed by atoms with E-state index in [1.165, 1.54) is 19.4 Å². The predicted molar refractivity (Wildman–Crippen MR) is 93.5 cm³/mol. The first kappa shape index (κ1) is 17.0. The van der Waals surface area contributed by atoms with E-state index in [-0.39, 0.29) is 0 Å². The number of carbonyl (C=O) groups excluding carboxylic acids is 2. The van der Waals surface area contributed by atoms with Gasteiger partial charge in [-0.2, -0.15) is 0 Å². The Kier molecular flexibility index (Phi) is 5.93. The first-order valence-corrected chi connectivity index (χ1v) is 8.83. The van der Waals surface area contributed by atoms with Crippen molar-refractivity contribution in [3.8, 4) is 0 Å². The topological polar surface area (TPSA) is 56.8 Å². The lowest BCUT2D eigenvalue weighted by atomic mass is 9.96. The van der Waals surface area contributed by atoms with Crippen LogP contribution in [0.1, 0.15) is 23.2 Å². The van der Waals surface area contributed by atoms with Crippen molar-refractivity contribution in [2.24, 2.45) is 5.92 Å². The summed E-state index contributed by atoms with van der Waals surface area (Å²) in [7, 11) is 0. The number of piperazine rings is 1. The molecule has 0 aromatic carbocycles. The Morgan fingerprint density at radius 1 is 1.00 bits per heavy atom. The summed E-state index contributed by atoms with van der Waals surface area (Å²) in [5.41, 5.74) is 0.623. The lowest BCUT2D eigenvalue weighted by Crippen LogP contribution is -2.49. The highest BCUT2D eigenvalue weighted by molar-refractivity contribution is 5.74. The highest BCUT2D eigenvalue weighted by atomic mass is 16.1. The SMILES string of the molecule is O=CCN1CCC(CN2CCN(c3ccc(C=O)cn3)CC2)CC1. The molecule has 2 fully saturated rings. The van der Waals surface area contributed by atoms with E-state index in [9.17, 15) is 9.59 Å². The molecular formula is C18H26N4O2. The Morgan fingerprint density at radius 2 is 1.75 bits per heavy atom. The minimum Gasteiger partial charge on any atom is -0.354 e. The minimum absolute atomic E-state index is 0.585. The normalized spacial score (nSPS) is 20.9. The van der Waals surface area contributed by atoms with Crippen molar-refractivity contribution in [2.75, 3.05) is 57.3 Å². The third-order valence-electron chi connectivity index (χ3n) is 5.16. The Hall–Kier alpha value is -1.79. The van der Waals surface area contributed by atoms with Crippen molar-refractivity contribution >= 4 is 18.4 Å². The molecule has 0 bridgehead atoms. The molecule has 0 N–H and O–H groups in total. The summed E-state index contributed by atoms with van der Waals surface area (Å²) in [6, 6.07) is 3.76. The number of anilines is 1. The van der Waals surface area contributed by atoms with E-state index >= 15 is 0 Å². The number of pyridine rings is 1. The van der Waals surface area contributed by atoms with Crippen molar-refractivity contribution < 1.29 is 9.59 Å². The fourth-order valence-electron chi connectivity index (χ4n) is 3.64. The van der Waals surface area contributed by atoms with Crippen LogP contribution in [0.15, 0.2) is 18.3 Å². The van der Waals surface area contributed by atoms with Gasteiger partial charge >= 0.3 is 0 Å². The molecular weight excluding hydrogens is 304 g/mol. The molecule has 3 rings (SSSR count). The fourth-order valence-corrected chi connectivity index (χ4v) is 3.64. The van der Waals surface area contributed by atoms with E-state index in [1.807, 2.05) is 12.1 Å². The largest absolute Gasteiger partial charge is 0.354 e. The first-order valence-electron chi connectivity index (χ1n) is 8.83. The van der Waals surface area contributed by atoms with Gasteiger partial charge in [0.05, 0.1) is 6.54 Å². The van der Waals surface area contributed by atoms with Crippen molar-refractivity contribution in [1.82, 2.24) is 14.8 Å². The zero-order valence-corrected chi connectivity index (χ0v) is 14.1. The molecule has 0 radical (unpaired) electrons. The van der Waals surface area contributed by atoms with Gasteiger partial charge < -0.3 is 9.69 Å². The van der Waals surface area contributed by atoms with Crippen LogP contribution in [0.5, 0.6) is 0 Å². The van der Waals surface area contributed by atoms with Crippen LogP contribution in [-0.2, 0) is 4.79 Å². The number of likely N-dealkylation sites (tertiary alicyclic amines) is 1. The molecule has 3 heterocycles. The van der Waals surface area contributed by atoms with Gasteiger partial charge in [0.1, 0.15) is 12.1 Å². The summed E-state index contributed by atoms with van der Waals surface area (Å²) in [4.78, 5) is 32.8. The molecule has 6 nitrogen and oxygen atoms in total. The molecule has 0 amide bonds. The average Bonchev–Trinajstić information content (AvgIpc) is 2.64. The molecule has 0 saturated carbocycles. The molecule has 130 valence electrons. The van der Waals surface area contributed by atoms with Crippen LogP contribution in [0.2, 0.25) is 0 Å². The number of nitrogens with zero attached hydrogens (tertiary/aromatic N) is 4. The van der Waals surface area contributed by atoms with E-state index in [2.05, 4.69) is 19.7 Å². The van der Waals surface area contributed by atoms with Crippen LogP contribution in [0, 0.1) is 5.92 Å². The average molecular weight is 330 g/mol. The first-order chi connectivity index (χ1) is 11.8. The summed E-state index contributed by atoms with van der Waals surface area (Å²) in [6.45, 7) is 7.94. The zero-order valence-electron chi connectivity index (χ0n) is 14.1. The van der Waals surface area contributed by atoms with Gasteiger partial charge in [-0.15, -0.1) is 0 Å². The van der Waals surface area contributed by atoms with Gasteiger partial charge in [-0.05, 0) is 44.0 Å². The van der Waals surface area contributed by atoms with Gasteiger partial charge in [0.25, 0.3) is 0 Å². The lowest BCUT2D eigenvalue weighted by Gasteiger charge is -2.39. The second kappa shape index (κ2) is 8.35. The molecule has 0 spiro atoms. The second-order valence-electron chi connectivity index (χ2n) is 6.77. The monoisotopic (exact) mass is 330 g/mol. The minimum atomic E-state index is 0.585. The second-order valence-corrected chi connectivity index (χ2v) is 6.77. The molecule has 0 aliphatic carbocycles. The predicted octanol–water partition coefficient (Wildman–Crippen LogP) is 0.927. The maximum absolute atomic E-state index is 10.7. The van der Waals surface area contributed by atoms with Crippen LogP contribution in [0.25, 0.3) is 0 Å². The van der Waals surface area contributed by atoms with Crippen LogP contribution < -0.4 is 4.90 Å². The zero-order chi connectivity index (χ0) is 16.8. The molecule has 1 aromatic rings. The molecule has 0 unspecified atom stereocenters. The van der Waals surface area contributed by atoms with Crippen molar-refractivity contribution in [3.63, 3.8) is 0 Å². The van der Waals surface area contributed by atoms with E-state index in [0.717, 1.165) is 63.6 Å². The standard InChI is InChI=1S/C18H26N4O2/c23-12-11-20-5-3-16(4-6-20)14-21-7-9-22(10-8-21)18-2-1-17(15-24)13-19-18/h1-2,12-13,15-16H,3-11,14H2. The van der Waals surface area contributed by atoms with Crippen LogP contribution >= 0.6 is 0 Å². The number of piperidine rings is 1. The molecule has 2 aliphatic rings.